The molecule has 5 heteroatoms. The molecule has 0 aliphatic rings. The number of rotatable bonds is 7. The van der Waals surface area contributed by atoms with Crippen LogP contribution in [0.15, 0.2) is 47.6 Å². The predicted molar refractivity (Wildman–Crippen MR) is 89.4 cm³/mol. The number of amides is 1. The van der Waals surface area contributed by atoms with Gasteiger partial charge in [0.15, 0.2) is 0 Å². The highest BCUT2D eigenvalue weighted by Gasteiger charge is 2.04. The minimum Gasteiger partial charge on any atom is -0.491 e. The molecule has 1 aromatic heterocycles. The SMILES string of the molecule is Cc1ccc(OCCNC(=O)CSc2ccccn2)c(C)c1. The van der Waals surface area contributed by atoms with E-state index in [1.165, 1.54) is 17.3 Å². The first-order chi connectivity index (χ1) is 10.6. The highest BCUT2D eigenvalue weighted by Crippen LogP contribution is 2.18. The van der Waals surface area contributed by atoms with E-state index in [-0.39, 0.29) is 5.91 Å². The maximum atomic E-state index is 11.7. The average molecular weight is 316 g/mol. The van der Waals surface area contributed by atoms with Crippen LogP contribution in [0.25, 0.3) is 0 Å². The van der Waals surface area contributed by atoms with Crippen molar-refractivity contribution in [1.82, 2.24) is 10.3 Å². The zero-order valence-electron chi connectivity index (χ0n) is 12.8. The van der Waals surface area contributed by atoms with Crippen molar-refractivity contribution in [2.24, 2.45) is 0 Å². The molecule has 0 spiro atoms. The fourth-order valence-corrected chi connectivity index (χ4v) is 2.63. The number of carbonyl (C=O) groups excluding carboxylic acids is 1. The van der Waals surface area contributed by atoms with Gasteiger partial charge in [0.2, 0.25) is 5.91 Å². The second-order valence-corrected chi connectivity index (χ2v) is 5.92. The lowest BCUT2D eigenvalue weighted by Gasteiger charge is -2.10. The van der Waals surface area contributed by atoms with Crippen molar-refractivity contribution in [3.8, 4) is 5.75 Å². The Morgan fingerprint density at radius 1 is 1.27 bits per heavy atom. The van der Waals surface area contributed by atoms with Crippen molar-refractivity contribution in [1.29, 1.82) is 0 Å². The van der Waals surface area contributed by atoms with Crippen LogP contribution in [0.5, 0.6) is 5.75 Å². The van der Waals surface area contributed by atoms with E-state index in [0.29, 0.717) is 18.9 Å². The molecular formula is C17H20N2O2S. The Bertz CT molecular complexity index is 617. The second kappa shape index (κ2) is 8.44. The molecule has 2 rings (SSSR count). The summed E-state index contributed by atoms with van der Waals surface area (Å²) in [5.41, 5.74) is 2.32. The number of ether oxygens (including phenoxy) is 1. The van der Waals surface area contributed by atoms with E-state index in [1.54, 1.807) is 6.20 Å². The number of aryl methyl sites for hydroxylation is 2. The molecule has 2 aromatic rings. The molecule has 0 aliphatic carbocycles. The Labute approximate surface area is 135 Å². The average Bonchev–Trinajstić information content (AvgIpc) is 2.52. The molecule has 22 heavy (non-hydrogen) atoms. The molecule has 0 atom stereocenters. The second-order valence-electron chi connectivity index (χ2n) is 4.92. The third-order valence-electron chi connectivity index (χ3n) is 3.00. The third-order valence-corrected chi connectivity index (χ3v) is 3.94. The van der Waals surface area contributed by atoms with E-state index in [0.717, 1.165) is 16.3 Å². The first-order valence-corrected chi connectivity index (χ1v) is 8.14. The van der Waals surface area contributed by atoms with Crippen LogP contribution in [0.1, 0.15) is 11.1 Å². The predicted octanol–water partition coefficient (Wildman–Crippen LogP) is 2.99. The number of hydrogen-bond donors (Lipinski definition) is 1. The first kappa shape index (κ1) is 16.4. The Morgan fingerprint density at radius 2 is 2.14 bits per heavy atom. The van der Waals surface area contributed by atoms with Crippen LogP contribution in [-0.4, -0.2) is 29.8 Å². The van der Waals surface area contributed by atoms with E-state index in [9.17, 15) is 4.79 Å². The standard InChI is InChI=1S/C17H20N2O2S/c1-13-6-7-15(14(2)11-13)21-10-9-18-16(20)12-22-17-5-3-4-8-19-17/h3-8,11H,9-10,12H2,1-2H3,(H,18,20). The highest BCUT2D eigenvalue weighted by molar-refractivity contribution is 7.99. The quantitative estimate of drug-likeness (QED) is 0.630. The summed E-state index contributed by atoms with van der Waals surface area (Å²) < 4.78 is 5.67. The third kappa shape index (κ3) is 5.41. The number of hydrogen-bond acceptors (Lipinski definition) is 4. The molecule has 0 unspecified atom stereocenters. The number of pyridine rings is 1. The topological polar surface area (TPSA) is 51.2 Å². The van der Waals surface area contributed by atoms with Crippen LogP contribution in [0.2, 0.25) is 0 Å². The van der Waals surface area contributed by atoms with Crippen LogP contribution >= 0.6 is 11.8 Å². The van der Waals surface area contributed by atoms with Crippen molar-refractivity contribution in [3.63, 3.8) is 0 Å². The van der Waals surface area contributed by atoms with Crippen molar-refractivity contribution < 1.29 is 9.53 Å². The summed E-state index contributed by atoms with van der Waals surface area (Å²) in [6, 6.07) is 11.7. The number of nitrogens with one attached hydrogen (secondary N) is 1. The smallest absolute Gasteiger partial charge is 0.230 e. The van der Waals surface area contributed by atoms with Gasteiger partial charge >= 0.3 is 0 Å². The Morgan fingerprint density at radius 3 is 2.86 bits per heavy atom. The summed E-state index contributed by atoms with van der Waals surface area (Å²) in [4.78, 5) is 15.9. The first-order valence-electron chi connectivity index (χ1n) is 7.16. The number of thioether (sulfide) groups is 1. The molecule has 0 aliphatic heterocycles. The van der Waals surface area contributed by atoms with Gasteiger partial charge in [0.05, 0.1) is 17.3 Å². The molecule has 1 aromatic carbocycles. The van der Waals surface area contributed by atoms with Gasteiger partial charge in [0, 0.05) is 6.20 Å². The van der Waals surface area contributed by atoms with Gasteiger partial charge in [-0.2, -0.15) is 0 Å². The van der Waals surface area contributed by atoms with Crippen LogP contribution in [-0.2, 0) is 4.79 Å². The minimum absolute atomic E-state index is 0.0140. The molecule has 4 nitrogen and oxygen atoms in total. The summed E-state index contributed by atoms with van der Waals surface area (Å²) >= 11 is 1.42. The zero-order valence-corrected chi connectivity index (χ0v) is 13.7. The van der Waals surface area contributed by atoms with Crippen LogP contribution in [0, 0.1) is 13.8 Å². The number of aromatic nitrogens is 1. The molecular weight excluding hydrogens is 296 g/mol. The van der Waals surface area contributed by atoms with E-state index >= 15 is 0 Å². The maximum absolute atomic E-state index is 11.7. The van der Waals surface area contributed by atoms with E-state index < -0.39 is 0 Å². The normalized spacial score (nSPS) is 10.3. The molecule has 0 bridgehead atoms. The van der Waals surface area contributed by atoms with Gasteiger partial charge in [-0.1, -0.05) is 35.5 Å². The summed E-state index contributed by atoms with van der Waals surface area (Å²) in [7, 11) is 0. The summed E-state index contributed by atoms with van der Waals surface area (Å²) in [6.07, 6.45) is 1.72. The fraction of sp³-hybridized carbons (Fsp3) is 0.294. The molecule has 1 N–H and O–H groups in total. The van der Waals surface area contributed by atoms with Crippen LogP contribution in [0.4, 0.5) is 0 Å². The Hall–Kier alpha value is -2.01. The summed E-state index contributed by atoms with van der Waals surface area (Å²) in [5.74, 6) is 1.21. The lowest BCUT2D eigenvalue weighted by atomic mass is 10.1. The summed E-state index contributed by atoms with van der Waals surface area (Å²) in [5, 5.41) is 3.69. The molecule has 116 valence electrons. The van der Waals surface area contributed by atoms with Gasteiger partial charge in [-0.15, -0.1) is 0 Å². The van der Waals surface area contributed by atoms with Crippen LogP contribution in [0.3, 0.4) is 0 Å². The Balaban J connectivity index is 1.65. The molecule has 0 saturated carbocycles. The van der Waals surface area contributed by atoms with Crippen molar-refractivity contribution >= 4 is 17.7 Å². The largest absolute Gasteiger partial charge is 0.491 e. The lowest BCUT2D eigenvalue weighted by molar-refractivity contribution is -0.118. The molecule has 1 heterocycles. The van der Waals surface area contributed by atoms with Gasteiger partial charge in [-0.25, -0.2) is 4.98 Å². The number of carbonyl (C=O) groups is 1. The molecule has 0 radical (unpaired) electrons. The van der Waals surface area contributed by atoms with Gasteiger partial charge in [-0.05, 0) is 37.6 Å². The molecule has 0 saturated heterocycles. The lowest BCUT2D eigenvalue weighted by Crippen LogP contribution is -2.29. The van der Waals surface area contributed by atoms with Crippen molar-refractivity contribution in [2.75, 3.05) is 18.9 Å². The monoisotopic (exact) mass is 316 g/mol. The van der Waals surface area contributed by atoms with Gasteiger partial charge in [-0.3, -0.25) is 4.79 Å². The minimum atomic E-state index is -0.0140. The molecule has 0 fully saturated rings. The van der Waals surface area contributed by atoms with Crippen molar-refractivity contribution in [3.05, 3.63) is 53.7 Å². The zero-order chi connectivity index (χ0) is 15.8. The van der Waals surface area contributed by atoms with E-state index in [1.807, 2.05) is 37.3 Å². The maximum Gasteiger partial charge on any atom is 0.230 e. The molecule has 1 amide bonds. The number of benzene rings is 1. The van der Waals surface area contributed by atoms with Gasteiger partial charge in [0.1, 0.15) is 12.4 Å². The van der Waals surface area contributed by atoms with Crippen molar-refractivity contribution in [2.45, 2.75) is 18.9 Å². The van der Waals surface area contributed by atoms with Crippen LogP contribution < -0.4 is 10.1 Å². The Kier molecular flexibility index (Phi) is 6.27. The highest BCUT2D eigenvalue weighted by atomic mass is 32.2. The fourth-order valence-electron chi connectivity index (χ4n) is 1.94. The van der Waals surface area contributed by atoms with Gasteiger partial charge < -0.3 is 10.1 Å². The van der Waals surface area contributed by atoms with E-state index in [4.69, 9.17) is 4.74 Å². The van der Waals surface area contributed by atoms with Gasteiger partial charge in [0.25, 0.3) is 0 Å². The van der Waals surface area contributed by atoms with E-state index in [2.05, 4.69) is 23.3 Å². The number of nitrogens with zero attached hydrogens (tertiary/aromatic N) is 1. The summed E-state index contributed by atoms with van der Waals surface area (Å²) in [6.45, 7) is 5.03.